The van der Waals surface area contributed by atoms with Crippen molar-refractivity contribution in [2.45, 2.75) is 45.1 Å². The Morgan fingerprint density at radius 2 is 2.05 bits per heavy atom. The van der Waals surface area contributed by atoms with Crippen molar-refractivity contribution in [3.8, 4) is 0 Å². The number of imidazole rings is 1. The highest BCUT2D eigenvalue weighted by Gasteiger charge is 2.18. The molecule has 0 unspecified atom stereocenters. The molecule has 1 saturated carbocycles. The molecule has 1 aromatic carbocycles. The van der Waals surface area contributed by atoms with Crippen molar-refractivity contribution in [3.63, 3.8) is 0 Å². The standard InChI is InChI=1S/C16H20N2O2/c19-16(20)11-18-14-8-4-3-7-13(14)17-15(18)10-9-12-5-1-2-6-12/h3-4,7-8,12H,1-2,5-6,9-11H2,(H,19,20). The van der Waals surface area contributed by atoms with Crippen molar-refractivity contribution < 1.29 is 9.90 Å². The topological polar surface area (TPSA) is 55.1 Å². The number of aliphatic carboxylic acids is 1. The number of benzene rings is 1. The zero-order valence-electron chi connectivity index (χ0n) is 11.6. The SMILES string of the molecule is O=C(O)Cn1c(CCC2CCCC2)nc2ccccc21. The minimum Gasteiger partial charge on any atom is -0.480 e. The zero-order chi connectivity index (χ0) is 13.9. The lowest BCUT2D eigenvalue weighted by Crippen LogP contribution is -2.12. The van der Waals surface area contributed by atoms with Gasteiger partial charge in [0.1, 0.15) is 12.4 Å². The predicted octanol–water partition coefficient (Wildman–Crippen LogP) is 3.24. The Labute approximate surface area is 118 Å². The van der Waals surface area contributed by atoms with Crippen LogP contribution in [0.1, 0.15) is 37.9 Å². The van der Waals surface area contributed by atoms with E-state index in [-0.39, 0.29) is 6.54 Å². The van der Waals surface area contributed by atoms with E-state index in [2.05, 4.69) is 4.98 Å². The average Bonchev–Trinajstić information content (AvgIpc) is 3.04. The number of para-hydroxylation sites is 2. The Bertz CT molecular complexity index is 612. The molecule has 0 atom stereocenters. The molecule has 1 aliphatic carbocycles. The highest BCUT2D eigenvalue weighted by molar-refractivity contribution is 5.78. The number of hydrogen-bond donors (Lipinski definition) is 1. The summed E-state index contributed by atoms with van der Waals surface area (Å²) >= 11 is 0. The summed E-state index contributed by atoms with van der Waals surface area (Å²) in [6.45, 7) is 0.000509. The molecule has 1 aliphatic rings. The number of carbonyl (C=O) groups is 1. The minimum absolute atomic E-state index is 0.000509. The van der Waals surface area contributed by atoms with E-state index in [0.717, 1.165) is 35.6 Å². The fourth-order valence-corrected chi connectivity index (χ4v) is 3.26. The first-order chi connectivity index (χ1) is 9.74. The number of aryl methyl sites for hydroxylation is 1. The molecule has 0 saturated heterocycles. The summed E-state index contributed by atoms with van der Waals surface area (Å²) in [6.07, 6.45) is 7.33. The van der Waals surface area contributed by atoms with Crippen LogP contribution in [0, 0.1) is 5.92 Å². The molecule has 4 heteroatoms. The van der Waals surface area contributed by atoms with E-state index >= 15 is 0 Å². The molecule has 4 nitrogen and oxygen atoms in total. The maximum Gasteiger partial charge on any atom is 0.323 e. The van der Waals surface area contributed by atoms with E-state index in [9.17, 15) is 4.79 Å². The molecule has 1 heterocycles. The van der Waals surface area contributed by atoms with Crippen LogP contribution in [0.4, 0.5) is 0 Å². The van der Waals surface area contributed by atoms with E-state index in [1.165, 1.54) is 25.7 Å². The summed E-state index contributed by atoms with van der Waals surface area (Å²) in [4.78, 5) is 15.7. The quantitative estimate of drug-likeness (QED) is 0.909. The average molecular weight is 272 g/mol. The maximum atomic E-state index is 11.1. The number of nitrogens with zero attached hydrogens (tertiary/aromatic N) is 2. The molecule has 1 aromatic heterocycles. The Kier molecular flexibility index (Phi) is 3.72. The van der Waals surface area contributed by atoms with E-state index < -0.39 is 5.97 Å². The second kappa shape index (κ2) is 5.65. The van der Waals surface area contributed by atoms with Gasteiger partial charge in [0.05, 0.1) is 11.0 Å². The summed E-state index contributed by atoms with van der Waals surface area (Å²) in [5.41, 5.74) is 1.83. The van der Waals surface area contributed by atoms with Crippen LogP contribution in [0.2, 0.25) is 0 Å². The molecule has 0 bridgehead atoms. The van der Waals surface area contributed by atoms with Gasteiger partial charge in [-0.25, -0.2) is 4.98 Å². The van der Waals surface area contributed by atoms with Crippen LogP contribution in [0.25, 0.3) is 11.0 Å². The monoisotopic (exact) mass is 272 g/mol. The van der Waals surface area contributed by atoms with Gasteiger partial charge in [0.25, 0.3) is 0 Å². The lowest BCUT2D eigenvalue weighted by molar-refractivity contribution is -0.137. The van der Waals surface area contributed by atoms with Gasteiger partial charge in [-0.3, -0.25) is 4.79 Å². The molecule has 2 aromatic rings. The summed E-state index contributed by atoms with van der Waals surface area (Å²) in [6, 6.07) is 7.78. The first kappa shape index (κ1) is 13.2. The molecule has 1 fully saturated rings. The van der Waals surface area contributed by atoms with Crippen LogP contribution >= 0.6 is 0 Å². The van der Waals surface area contributed by atoms with Crippen molar-refractivity contribution in [1.82, 2.24) is 9.55 Å². The molecule has 1 N–H and O–H groups in total. The van der Waals surface area contributed by atoms with Crippen LogP contribution in [-0.2, 0) is 17.8 Å². The van der Waals surface area contributed by atoms with Crippen LogP contribution < -0.4 is 0 Å². The van der Waals surface area contributed by atoms with Crippen molar-refractivity contribution in [3.05, 3.63) is 30.1 Å². The van der Waals surface area contributed by atoms with E-state index in [0.29, 0.717) is 0 Å². The van der Waals surface area contributed by atoms with Crippen LogP contribution in [0.5, 0.6) is 0 Å². The van der Waals surface area contributed by atoms with Gasteiger partial charge in [0.2, 0.25) is 0 Å². The number of aromatic nitrogens is 2. The molecule has 20 heavy (non-hydrogen) atoms. The van der Waals surface area contributed by atoms with Crippen LogP contribution in [0.15, 0.2) is 24.3 Å². The minimum atomic E-state index is -0.810. The number of hydrogen-bond acceptors (Lipinski definition) is 2. The highest BCUT2D eigenvalue weighted by Crippen LogP contribution is 2.29. The molecule has 3 rings (SSSR count). The Balaban J connectivity index is 1.85. The van der Waals surface area contributed by atoms with Crippen molar-refractivity contribution >= 4 is 17.0 Å². The van der Waals surface area contributed by atoms with Crippen molar-refractivity contribution in [2.24, 2.45) is 5.92 Å². The Morgan fingerprint density at radius 3 is 2.80 bits per heavy atom. The molecular weight excluding hydrogens is 252 g/mol. The van der Waals surface area contributed by atoms with Crippen LogP contribution in [0.3, 0.4) is 0 Å². The summed E-state index contributed by atoms with van der Waals surface area (Å²) < 4.78 is 1.85. The van der Waals surface area contributed by atoms with Crippen molar-refractivity contribution in [1.29, 1.82) is 0 Å². The molecule has 0 spiro atoms. The van der Waals surface area contributed by atoms with Gasteiger partial charge in [-0.2, -0.15) is 0 Å². The fraction of sp³-hybridized carbons (Fsp3) is 0.500. The number of rotatable bonds is 5. The molecule has 0 radical (unpaired) electrons. The maximum absolute atomic E-state index is 11.1. The highest BCUT2D eigenvalue weighted by atomic mass is 16.4. The summed E-state index contributed by atoms with van der Waals surface area (Å²) in [5.74, 6) is 0.906. The molecule has 0 aliphatic heterocycles. The van der Waals surface area contributed by atoms with E-state index in [1.54, 1.807) is 0 Å². The zero-order valence-corrected chi connectivity index (χ0v) is 11.6. The number of carboxylic acid groups (broad SMARTS) is 1. The summed E-state index contributed by atoms with van der Waals surface area (Å²) in [7, 11) is 0. The summed E-state index contributed by atoms with van der Waals surface area (Å²) in [5, 5.41) is 9.10. The first-order valence-electron chi connectivity index (χ1n) is 7.40. The van der Waals surface area contributed by atoms with Crippen LogP contribution in [-0.4, -0.2) is 20.6 Å². The lowest BCUT2D eigenvalue weighted by Gasteiger charge is -2.10. The third kappa shape index (κ3) is 2.69. The molecular formula is C16H20N2O2. The third-order valence-corrected chi connectivity index (χ3v) is 4.28. The lowest BCUT2D eigenvalue weighted by atomic mass is 10.0. The van der Waals surface area contributed by atoms with Crippen molar-refractivity contribution in [2.75, 3.05) is 0 Å². The third-order valence-electron chi connectivity index (χ3n) is 4.28. The van der Waals surface area contributed by atoms with E-state index in [4.69, 9.17) is 5.11 Å². The number of carboxylic acids is 1. The van der Waals surface area contributed by atoms with Gasteiger partial charge >= 0.3 is 5.97 Å². The predicted molar refractivity (Wildman–Crippen MR) is 77.6 cm³/mol. The van der Waals surface area contributed by atoms with Gasteiger partial charge in [0, 0.05) is 6.42 Å². The number of fused-ring (bicyclic) bond motifs is 1. The second-order valence-corrected chi connectivity index (χ2v) is 5.69. The van der Waals surface area contributed by atoms with Gasteiger partial charge in [0.15, 0.2) is 0 Å². The van der Waals surface area contributed by atoms with Gasteiger partial charge in [-0.05, 0) is 24.5 Å². The van der Waals surface area contributed by atoms with Gasteiger partial charge in [-0.15, -0.1) is 0 Å². The molecule has 106 valence electrons. The normalized spacial score (nSPS) is 16.0. The second-order valence-electron chi connectivity index (χ2n) is 5.69. The Hall–Kier alpha value is -1.84. The smallest absolute Gasteiger partial charge is 0.323 e. The largest absolute Gasteiger partial charge is 0.480 e. The van der Waals surface area contributed by atoms with E-state index in [1.807, 2.05) is 28.8 Å². The Morgan fingerprint density at radius 1 is 1.30 bits per heavy atom. The van der Waals surface area contributed by atoms with Gasteiger partial charge < -0.3 is 9.67 Å². The van der Waals surface area contributed by atoms with Gasteiger partial charge in [-0.1, -0.05) is 37.8 Å². The fourth-order valence-electron chi connectivity index (χ4n) is 3.26. The molecule has 0 amide bonds. The first-order valence-corrected chi connectivity index (χ1v) is 7.40.